The highest BCUT2D eigenvalue weighted by molar-refractivity contribution is 7.80. The Kier molecular flexibility index (Phi) is 37.7. The Morgan fingerprint density at radius 3 is 0.805 bits per heavy atom. The third-order valence-electron chi connectivity index (χ3n) is 8.31. The van der Waals surface area contributed by atoms with Gasteiger partial charge in [-0.3, -0.25) is 8.74 Å². The summed E-state index contributed by atoms with van der Waals surface area (Å²) in [6.07, 6.45) is 40.9. The minimum Gasteiger partial charge on any atom is -0.304 e. The predicted molar refractivity (Wildman–Crippen MR) is 181 cm³/mol. The Hall–Kier alpha value is -0.170. The van der Waals surface area contributed by atoms with Crippen LogP contribution in [0.3, 0.4) is 0 Å². The monoisotopic (exact) mass is 606 g/mol. The van der Waals surface area contributed by atoms with Gasteiger partial charge in [-0.1, -0.05) is 188 Å². The summed E-state index contributed by atoms with van der Waals surface area (Å²) in [6.45, 7) is 10.9. The molecule has 0 aromatic rings. The standard InChI is InChI=1S/C34H71N.CH4O4S/c1-4-7-9-11-13-15-17-19-21-23-25-27-29-31-33-35(6-3)34-32-30-28-26-24-22-20-18-16-14-12-10-8-5-2;1-5-6(2,3)4/h4-34H2,1-3H3;1H3,(H,2,3,4). The van der Waals surface area contributed by atoms with Gasteiger partial charge in [0.15, 0.2) is 0 Å². The second kappa shape index (κ2) is 36.0. The molecular formula is C35H75NO4S. The first-order valence-electron chi connectivity index (χ1n) is 18.2. The van der Waals surface area contributed by atoms with Gasteiger partial charge in [0.25, 0.3) is 0 Å². The molecule has 5 nitrogen and oxygen atoms in total. The van der Waals surface area contributed by atoms with Crippen molar-refractivity contribution in [2.45, 2.75) is 201 Å². The van der Waals surface area contributed by atoms with Crippen LogP contribution in [-0.4, -0.2) is 44.6 Å². The van der Waals surface area contributed by atoms with Crippen molar-refractivity contribution >= 4 is 10.4 Å². The Bertz CT molecular complexity index is 539. The van der Waals surface area contributed by atoms with Crippen LogP contribution in [0.2, 0.25) is 0 Å². The van der Waals surface area contributed by atoms with E-state index in [1.165, 1.54) is 199 Å². The smallest absolute Gasteiger partial charge is 0.304 e. The summed E-state index contributed by atoms with van der Waals surface area (Å²) in [5.41, 5.74) is 0. The molecular weight excluding hydrogens is 530 g/mol. The molecule has 0 aliphatic heterocycles. The molecule has 0 bridgehead atoms. The first-order chi connectivity index (χ1) is 19.9. The normalized spacial score (nSPS) is 11.7. The van der Waals surface area contributed by atoms with Crippen molar-refractivity contribution in [1.82, 2.24) is 4.90 Å². The number of hydrogen-bond acceptors (Lipinski definition) is 4. The third kappa shape index (κ3) is 42.0. The Morgan fingerprint density at radius 1 is 0.439 bits per heavy atom. The average Bonchev–Trinajstić information content (AvgIpc) is 2.96. The van der Waals surface area contributed by atoms with E-state index in [0.717, 1.165) is 7.11 Å². The van der Waals surface area contributed by atoms with E-state index in [-0.39, 0.29) is 0 Å². The molecule has 0 aromatic heterocycles. The highest BCUT2D eigenvalue weighted by Gasteiger charge is 2.02. The summed E-state index contributed by atoms with van der Waals surface area (Å²) in [5.74, 6) is 0. The average molecular weight is 606 g/mol. The van der Waals surface area contributed by atoms with Gasteiger partial charge in [0, 0.05) is 0 Å². The molecule has 250 valence electrons. The number of hydrogen-bond donors (Lipinski definition) is 1. The maximum absolute atomic E-state index is 9.33. The molecule has 0 saturated heterocycles. The van der Waals surface area contributed by atoms with Crippen molar-refractivity contribution < 1.29 is 17.2 Å². The van der Waals surface area contributed by atoms with Crippen LogP contribution in [0.5, 0.6) is 0 Å². The van der Waals surface area contributed by atoms with E-state index in [9.17, 15) is 8.42 Å². The van der Waals surface area contributed by atoms with Crippen molar-refractivity contribution in [3.05, 3.63) is 0 Å². The highest BCUT2D eigenvalue weighted by Crippen LogP contribution is 2.15. The molecule has 0 aromatic carbocycles. The van der Waals surface area contributed by atoms with E-state index in [0.29, 0.717) is 0 Å². The Labute approximate surface area is 259 Å². The van der Waals surface area contributed by atoms with Crippen LogP contribution in [0.25, 0.3) is 0 Å². The summed E-state index contributed by atoms with van der Waals surface area (Å²) in [4.78, 5) is 2.71. The molecule has 0 rings (SSSR count). The lowest BCUT2D eigenvalue weighted by molar-refractivity contribution is 0.273. The van der Waals surface area contributed by atoms with Crippen molar-refractivity contribution in [2.24, 2.45) is 0 Å². The van der Waals surface area contributed by atoms with E-state index in [4.69, 9.17) is 4.55 Å². The van der Waals surface area contributed by atoms with Gasteiger partial charge in [0.1, 0.15) is 0 Å². The molecule has 41 heavy (non-hydrogen) atoms. The van der Waals surface area contributed by atoms with E-state index in [1.807, 2.05) is 0 Å². The molecule has 0 heterocycles. The van der Waals surface area contributed by atoms with Crippen LogP contribution in [-0.2, 0) is 14.6 Å². The molecule has 0 saturated carbocycles. The van der Waals surface area contributed by atoms with Gasteiger partial charge in [-0.2, -0.15) is 8.42 Å². The molecule has 0 unspecified atom stereocenters. The zero-order valence-corrected chi connectivity index (χ0v) is 29.3. The van der Waals surface area contributed by atoms with Gasteiger partial charge >= 0.3 is 10.4 Å². The van der Waals surface area contributed by atoms with E-state index < -0.39 is 10.4 Å². The van der Waals surface area contributed by atoms with Crippen LogP contribution < -0.4 is 0 Å². The topological polar surface area (TPSA) is 66.8 Å². The fourth-order valence-electron chi connectivity index (χ4n) is 5.49. The van der Waals surface area contributed by atoms with Crippen molar-refractivity contribution in [3.63, 3.8) is 0 Å². The molecule has 0 amide bonds. The van der Waals surface area contributed by atoms with Crippen LogP contribution in [0.15, 0.2) is 0 Å². The highest BCUT2D eigenvalue weighted by atomic mass is 32.3. The zero-order chi connectivity index (χ0) is 30.7. The quantitative estimate of drug-likeness (QED) is 0.0610. The summed E-state index contributed by atoms with van der Waals surface area (Å²) >= 11 is 0. The van der Waals surface area contributed by atoms with E-state index in [1.54, 1.807) is 0 Å². The summed E-state index contributed by atoms with van der Waals surface area (Å²) < 4.78 is 29.7. The maximum Gasteiger partial charge on any atom is 0.397 e. The minimum absolute atomic E-state index is 0.870. The van der Waals surface area contributed by atoms with Crippen molar-refractivity contribution in [2.75, 3.05) is 26.7 Å². The molecule has 0 radical (unpaired) electrons. The minimum atomic E-state index is -4.16. The second-order valence-electron chi connectivity index (χ2n) is 12.2. The number of unbranched alkanes of at least 4 members (excludes halogenated alkanes) is 26. The van der Waals surface area contributed by atoms with Crippen molar-refractivity contribution in [3.8, 4) is 0 Å². The molecule has 0 fully saturated rings. The van der Waals surface area contributed by atoms with Gasteiger partial charge in [-0.15, -0.1) is 0 Å². The molecule has 0 atom stereocenters. The molecule has 0 spiro atoms. The lowest BCUT2D eigenvalue weighted by Gasteiger charge is -2.20. The van der Waals surface area contributed by atoms with Crippen LogP contribution >= 0.6 is 0 Å². The Morgan fingerprint density at radius 2 is 0.634 bits per heavy atom. The van der Waals surface area contributed by atoms with Crippen LogP contribution in [0.1, 0.15) is 201 Å². The fourth-order valence-corrected chi connectivity index (χ4v) is 5.49. The molecule has 0 aliphatic carbocycles. The van der Waals surface area contributed by atoms with Gasteiger partial charge in [0.2, 0.25) is 0 Å². The molecule has 0 aliphatic rings. The number of rotatable bonds is 32. The molecule has 1 N–H and O–H groups in total. The van der Waals surface area contributed by atoms with Crippen LogP contribution in [0.4, 0.5) is 0 Å². The summed E-state index contributed by atoms with van der Waals surface area (Å²) in [5, 5.41) is 0. The SMILES string of the molecule is CCCCCCCCCCCCCCCCN(CC)CCCCCCCCCCCCCCCC.COS(=O)(=O)O. The van der Waals surface area contributed by atoms with Crippen molar-refractivity contribution in [1.29, 1.82) is 0 Å². The van der Waals surface area contributed by atoms with Gasteiger partial charge in [-0.25, -0.2) is 0 Å². The van der Waals surface area contributed by atoms with E-state index in [2.05, 4.69) is 29.9 Å². The van der Waals surface area contributed by atoms with Crippen LogP contribution in [0, 0.1) is 0 Å². The van der Waals surface area contributed by atoms with E-state index >= 15 is 0 Å². The summed E-state index contributed by atoms with van der Waals surface area (Å²) in [7, 11) is -3.29. The zero-order valence-electron chi connectivity index (χ0n) is 28.4. The first-order valence-corrected chi connectivity index (χ1v) is 19.5. The lowest BCUT2D eigenvalue weighted by Crippen LogP contribution is -2.25. The van der Waals surface area contributed by atoms with Gasteiger partial charge in [0.05, 0.1) is 7.11 Å². The largest absolute Gasteiger partial charge is 0.397 e. The predicted octanol–water partition coefficient (Wildman–Crippen LogP) is 11.7. The lowest BCUT2D eigenvalue weighted by atomic mass is 10.0. The summed E-state index contributed by atoms with van der Waals surface area (Å²) in [6, 6.07) is 0. The van der Waals surface area contributed by atoms with Gasteiger partial charge < -0.3 is 4.90 Å². The Balaban J connectivity index is 0. The number of nitrogens with zero attached hydrogens (tertiary/aromatic N) is 1. The first kappa shape index (κ1) is 43.0. The fraction of sp³-hybridized carbons (Fsp3) is 1.00. The molecule has 6 heteroatoms. The maximum atomic E-state index is 9.33. The second-order valence-corrected chi connectivity index (χ2v) is 13.4. The third-order valence-corrected chi connectivity index (χ3v) is 8.73. The van der Waals surface area contributed by atoms with Gasteiger partial charge in [-0.05, 0) is 32.5 Å².